The summed E-state index contributed by atoms with van der Waals surface area (Å²) in [7, 11) is 0. The molecule has 0 radical (unpaired) electrons. The van der Waals surface area contributed by atoms with Crippen molar-refractivity contribution >= 4 is 17.4 Å². The monoisotopic (exact) mass is 222 g/mol. The average Bonchev–Trinajstić information content (AvgIpc) is 2.13. The van der Waals surface area contributed by atoms with Crippen LogP contribution in [-0.4, -0.2) is 22.8 Å². The molecule has 0 fully saturated rings. The zero-order valence-electron chi connectivity index (χ0n) is 7.21. The Kier molecular flexibility index (Phi) is 4.06. The SMILES string of the molecule is FC(F)(F)SCCNc1ccncc1. The number of pyridine rings is 1. The van der Waals surface area contributed by atoms with Gasteiger partial charge in [-0.1, -0.05) is 0 Å². The second kappa shape index (κ2) is 5.09. The minimum absolute atomic E-state index is 0.00578. The van der Waals surface area contributed by atoms with E-state index in [0.29, 0.717) is 0 Å². The highest BCUT2D eigenvalue weighted by molar-refractivity contribution is 8.00. The molecule has 6 heteroatoms. The first-order valence-electron chi connectivity index (χ1n) is 3.92. The van der Waals surface area contributed by atoms with Gasteiger partial charge >= 0.3 is 5.51 Å². The summed E-state index contributed by atoms with van der Waals surface area (Å²) in [6.07, 6.45) is 3.17. The number of halogens is 3. The van der Waals surface area contributed by atoms with Crippen LogP contribution >= 0.6 is 11.8 Å². The van der Waals surface area contributed by atoms with Crippen LogP contribution in [0.4, 0.5) is 18.9 Å². The minimum atomic E-state index is -4.14. The first-order chi connectivity index (χ1) is 6.58. The summed E-state index contributed by atoms with van der Waals surface area (Å²) in [6.45, 7) is 0.286. The summed E-state index contributed by atoms with van der Waals surface area (Å²) in [6, 6.07) is 3.41. The Balaban J connectivity index is 2.17. The Labute approximate surface area is 83.9 Å². The van der Waals surface area contributed by atoms with Gasteiger partial charge in [0, 0.05) is 30.4 Å². The van der Waals surface area contributed by atoms with Crippen LogP contribution in [0.15, 0.2) is 24.5 Å². The Hall–Kier alpha value is -0.910. The van der Waals surface area contributed by atoms with Crippen LogP contribution in [0, 0.1) is 0 Å². The first kappa shape index (κ1) is 11.2. The number of anilines is 1. The van der Waals surface area contributed by atoms with E-state index in [1.54, 1.807) is 24.5 Å². The van der Waals surface area contributed by atoms with Crippen LogP contribution < -0.4 is 5.32 Å². The van der Waals surface area contributed by atoms with Gasteiger partial charge in [-0.05, 0) is 23.9 Å². The van der Waals surface area contributed by atoms with Gasteiger partial charge in [0.05, 0.1) is 0 Å². The second-order valence-corrected chi connectivity index (χ2v) is 3.62. The van der Waals surface area contributed by atoms with Crippen LogP contribution in [0.1, 0.15) is 0 Å². The van der Waals surface area contributed by atoms with Crippen molar-refractivity contribution in [1.82, 2.24) is 4.98 Å². The Morgan fingerprint density at radius 2 is 1.93 bits per heavy atom. The third-order valence-corrected chi connectivity index (χ3v) is 2.11. The van der Waals surface area contributed by atoms with Gasteiger partial charge in [-0.2, -0.15) is 13.2 Å². The fourth-order valence-corrected chi connectivity index (χ4v) is 1.27. The number of rotatable bonds is 4. The lowest BCUT2D eigenvalue weighted by Gasteiger charge is -2.07. The van der Waals surface area contributed by atoms with Gasteiger partial charge < -0.3 is 5.32 Å². The lowest BCUT2D eigenvalue weighted by Crippen LogP contribution is -2.09. The zero-order chi connectivity index (χ0) is 10.4. The van der Waals surface area contributed by atoms with Crippen molar-refractivity contribution in [2.45, 2.75) is 5.51 Å². The number of nitrogens with zero attached hydrogens (tertiary/aromatic N) is 1. The third kappa shape index (κ3) is 4.96. The molecule has 1 rings (SSSR count). The van der Waals surface area contributed by atoms with Crippen molar-refractivity contribution in [3.8, 4) is 0 Å². The quantitative estimate of drug-likeness (QED) is 0.793. The summed E-state index contributed by atoms with van der Waals surface area (Å²) in [5, 5.41) is 2.86. The van der Waals surface area contributed by atoms with Gasteiger partial charge in [0.15, 0.2) is 0 Å². The molecule has 0 spiro atoms. The molecule has 1 aromatic rings. The Bertz CT molecular complexity index is 263. The molecule has 0 saturated carbocycles. The molecule has 78 valence electrons. The van der Waals surface area contributed by atoms with Crippen molar-refractivity contribution < 1.29 is 13.2 Å². The molecule has 1 aromatic heterocycles. The number of aromatic nitrogens is 1. The van der Waals surface area contributed by atoms with Crippen molar-refractivity contribution in [3.05, 3.63) is 24.5 Å². The molecule has 0 saturated heterocycles. The van der Waals surface area contributed by atoms with Gasteiger partial charge in [-0.15, -0.1) is 0 Å². The van der Waals surface area contributed by atoms with Crippen LogP contribution in [0.2, 0.25) is 0 Å². The van der Waals surface area contributed by atoms with Gasteiger partial charge in [-0.25, -0.2) is 0 Å². The zero-order valence-corrected chi connectivity index (χ0v) is 8.03. The van der Waals surface area contributed by atoms with E-state index in [1.165, 1.54) is 0 Å². The largest absolute Gasteiger partial charge is 0.441 e. The highest BCUT2D eigenvalue weighted by Gasteiger charge is 2.27. The van der Waals surface area contributed by atoms with Crippen LogP contribution in [0.3, 0.4) is 0 Å². The molecule has 2 nitrogen and oxygen atoms in total. The fraction of sp³-hybridized carbons (Fsp3) is 0.375. The molecule has 14 heavy (non-hydrogen) atoms. The smallest absolute Gasteiger partial charge is 0.384 e. The maximum absolute atomic E-state index is 11.7. The lowest BCUT2D eigenvalue weighted by molar-refractivity contribution is -0.0327. The minimum Gasteiger partial charge on any atom is -0.384 e. The molecule has 0 aliphatic heterocycles. The fourth-order valence-electron chi connectivity index (χ4n) is 0.832. The van der Waals surface area contributed by atoms with E-state index in [4.69, 9.17) is 0 Å². The molecular weight excluding hydrogens is 213 g/mol. The summed E-state index contributed by atoms with van der Waals surface area (Å²) in [5.41, 5.74) is -3.36. The Morgan fingerprint density at radius 3 is 2.50 bits per heavy atom. The molecule has 0 aliphatic rings. The van der Waals surface area contributed by atoms with Gasteiger partial charge in [0.1, 0.15) is 0 Å². The first-order valence-corrected chi connectivity index (χ1v) is 4.91. The third-order valence-electron chi connectivity index (χ3n) is 1.38. The number of alkyl halides is 3. The second-order valence-electron chi connectivity index (χ2n) is 2.46. The molecule has 0 amide bonds. The standard InChI is InChI=1S/C8H9F3N2S/c9-8(10,11)14-6-5-13-7-1-3-12-4-2-7/h1-4H,5-6H2,(H,12,13). The lowest BCUT2D eigenvalue weighted by atomic mass is 10.4. The predicted molar refractivity (Wildman–Crippen MR) is 51.2 cm³/mol. The van der Waals surface area contributed by atoms with E-state index >= 15 is 0 Å². The van der Waals surface area contributed by atoms with Crippen LogP contribution in [0.25, 0.3) is 0 Å². The highest BCUT2D eigenvalue weighted by Crippen LogP contribution is 2.29. The van der Waals surface area contributed by atoms with E-state index in [1.807, 2.05) is 0 Å². The van der Waals surface area contributed by atoms with Crippen molar-refractivity contribution in [2.24, 2.45) is 0 Å². The molecule has 1 N–H and O–H groups in total. The molecule has 0 atom stereocenters. The number of hydrogen-bond donors (Lipinski definition) is 1. The van der Waals surface area contributed by atoms with Gasteiger partial charge in [0.2, 0.25) is 0 Å². The van der Waals surface area contributed by atoms with E-state index in [9.17, 15) is 13.2 Å². The molecular formula is C8H9F3N2S. The van der Waals surface area contributed by atoms with Crippen molar-refractivity contribution in [1.29, 1.82) is 0 Å². The van der Waals surface area contributed by atoms with E-state index in [2.05, 4.69) is 10.3 Å². The summed E-state index contributed by atoms with van der Waals surface area (Å²) in [4.78, 5) is 3.79. The van der Waals surface area contributed by atoms with Gasteiger partial charge in [0.25, 0.3) is 0 Å². The maximum atomic E-state index is 11.7. The molecule has 0 bridgehead atoms. The molecule has 0 aliphatic carbocycles. The normalized spacial score (nSPS) is 11.4. The number of nitrogens with one attached hydrogen (secondary N) is 1. The van der Waals surface area contributed by atoms with Crippen molar-refractivity contribution in [3.63, 3.8) is 0 Å². The topological polar surface area (TPSA) is 24.9 Å². The van der Waals surface area contributed by atoms with E-state index in [0.717, 1.165) is 5.69 Å². The number of hydrogen-bond acceptors (Lipinski definition) is 3. The van der Waals surface area contributed by atoms with Crippen molar-refractivity contribution in [2.75, 3.05) is 17.6 Å². The molecule has 0 unspecified atom stereocenters. The molecule has 1 heterocycles. The number of thioether (sulfide) groups is 1. The van der Waals surface area contributed by atoms with Gasteiger partial charge in [-0.3, -0.25) is 4.98 Å². The predicted octanol–water partition coefficient (Wildman–Crippen LogP) is 2.75. The highest BCUT2D eigenvalue weighted by atomic mass is 32.2. The summed E-state index contributed by atoms with van der Waals surface area (Å²) in [5.74, 6) is 0.00578. The van der Waals surface area contributed by atoms with Crippen LogP contribution in [0.5, 0.6) is 0 Å². The van der Waals surface area contributed by atoms with E-state index < -0.39 is 5.51 Å². The average molecular weight is 222 g/mol. The van der Waals surface area contributed by atoms with Crippen LogP contribution in [-0.2, 0) is 0 Å². The summed E-state index contributed by atoms with van der Waals surface area (Å²) < 4.78 is 35.1. The Morgan fingerprint density at radius 1 is 1.29 bits per heavy atom. The molecule has 0 aromatic carbocycles. The van der Waals surface area contributed by atoms with E-state index in [-0.39, 0.29) is 24.1 Å². The summed E-state index contributed by atoms with van der Waals surface area (Å²) >= 11 is -0.0253. The maximum Gasteiger partial charge on any atom is 0.441 e.